The van der Waals surface area contributed by atoms with Gasteiger partial charge in [0.2, 0.25) is 0 Å². The number of benzene rings is 1. The van der Waals surface area contributed by atoms with Gasteiger partial charge in [0.1, 0.15) is 29.6 Å². The Bertz CT molecular complexity index is 967. The minimum atomic E-state index is -0.957. The first-order chi connectivity index (χ1) is 13.9. The lowest BCUT2D eigenvalue weighted by atomic mass is 9.93. The Balaban J connectivity index is 1.82. The minimum absolute atomic E-state index is 0.0340. The van der Waals surface area contributed by atoms with E-state index in [9.17, 15) is 19.2 Å². The first-order valence-corrected chi connectivity index (χ1v) is 8.75. The second kappa shape index (κ2) is 8.55. The molecule has 8 heteroatoms. The molecule has 29 heavy (non-hydrogen) atoms. The third kappa shape index (κ3) is 4.60. The zero-order valence-electron chi connectivity index (χ0n) is 15.8. The summed E-state index contributed by atoms with van der Waals surface area (Å²) >= 11 is 0. The van der Waals surface area contributed by atoms with Gasteiger partial charge in [0.25, 0.3) is 0 Å². The van der Waals surface area contributed by atoms with Crippen LogP contribution in [0.25, 0.3) is 0 Å². The van der Waals surface area contributed by atoms with E-state index in [1.54, 1.807) is 24.3 Å². The highest BCUT2D eigenvalue weighted by Gasteiger charge is 2.33. The highest BCUT2D eigenvalue weighted by molar-refractivity contribution is 6.16. The van der Waals surface area contributed by atoms with Crippen molar-refractivity contribution in [1.29, 1.82) is 0 Å². The molecule has 1 aromatic rings. The third-order valence-electron chi connectivity index (χ3n) is 4.26. The summed E-state index contributed by atoms with van der Waals surface area (Å²) in [5, 5.41) is 0. The number of esters is 4. The molecule has 1 unspecified atom stereocenters. The van der Waals surface area contributed by atoms with Crippen LogP contribution in [0.5, 0.6) is 5.75 Å². The largest absolute Gasteiger partial charge is 0.465 e. The first kappa shape index (κ1) is 20.1. The van der Waals surface area contributed by atoms with Gasteiger partial charge in [-0.2, -0.15) is 0 Å². The minimum Gasteiger partial charge on any atom is -0.465 e. The highest BCUT2D eigenvalue weighted by atomic mass is 16.6. The van der Waals surface area contributed by atoms with Gasteiger partial charge >= 0.3 is 23.9 Å². The fourth-order valence-electron chi connectivity index (χ4n) is 2.85. The van der Waals surface area contributed by atoms with Crippen LogP contribution in [-0.4, -0.2) is 43.7 Å². The molecule has 150 valence electrons. The van der Waals surface area contributed by atoms with E-state index in [0.717, 1.165) is 5.57 Å². The summed E-state index contributed by atoms with van der Waals surface area (Å²) in [5.41, 5.74) is 1.06. The van der Waals surface area contributed by atoms with Crippen LogP contribution in [0.15, 0.2) is 59.2 Å². The SMILES string of the molecule is COC(=O)c1ccccc1OC(=O)C1=CC2=CC(COC(C)=O)=CCC2OC1=O. The quantitative estimate of drug-likeness (QED) is 0.321. The lowest BCUT2D eigenvalue weighted by Gasteiger charge is -2.26. The molecular formula is C21H18O8. The van der Waals surface area contributed by atoms with Crippen molar-refractivity contribution >= 4 is 23.9 Å². The van der Waals surface area contributed by atoms with Gasteiger partial charge in [0, 0.05) is 13.3 Å². The zero-order chi connectivity index (χ0) is 21.0. The van der Waals surface area contributed by atoms with Crippen molar-refractivity contribution < 1.29 is 38.1 Å². The molecule has 3 rings (SSSR count). The van der Waals surface area contributed by atoms with Gasteiger partial charge in [0.05, 0.1) is 7.11 Å². The van der Waals surface area contributed by atoms with Crippen molar-refractivity contribution in [1.82, 2.24) is 0 Å². The van der Waals surface area contributed by atoms with Gasteiger partial charge in [-0.05, 0) is 35.4 Å². The zero-order valence-corrected chi connectivity index (χ0v) is 15.8. The average Bonchev–Trinajstić information content (AvgIpc) is 2.71. The number of carbonyl (C=O) groups is 4. The van der Waals surface area contributed by atoms with E-state index in [4.69, 9.17) is 14.2 Å². The Morgan fingerprint density at radius 1 is 1.14 bits per heavy atom. The van der Waals surface area contributed by atoms with Crippen LogP contribution in [0.2, 0.25) is 0 Å². The van der Waals surface area contributed by atoms with Gasteiger partial charge in [-0.3, -0.25) is 4.79 Å². The van der Waals surface area contributed by atoms with Crippen LogP contribution in [0, 0.1) is 0 Å². The topological polar surface area (TPSA) is 105 Å². The van der Waals surface area contributed by atoms with Crippen molar-refractivity contribution in [3.05, 3.63) is 64.8 Å². The van der Waals surface area contributed by atoms with E-state index in [1.165, 1.54) is 32.2 Å². The molecule has 2 aliphatic rings. The smallest absolute Gasteiger partial charge is 0.351 e. The van der Waals surface area contributed by atoms with Crippen LogP contribution in [0.3, 0.4) is 0 Å². The van der Waals surface area contributed by atoms with Gasteiger partial charge in [-0.25, -0.2) is 14.4 Å². The second-order valence-corrected chi connectivity index (χ2v) is 6.27. The maximum absolute atomic E-state index is 12.6. The molecule has 1 atom stereocenters. The molecule has 1 heterocycles. The molecule has 0 aromatic heterocycles. The molecule has 0 spiro atoms. The predicted octanol–water partition coefficient (Wildman–Crippen LogP) is 2.05. The molecule has 1 aromatic carbocycles. The fourth-order valence-corrected chi connectivity index (χ4v) is 2.85. The van der Waals surface area contributed by atoms with Crippen LogP contribution in [0.4, 0.5) is 0 Å². The Hall–Kier alpha value is -3.68. The molecule has 1 aliphatic heterocycles. The Kier molecular flexibility index (Phi) is 5.92. The Labute approximate surface area is 166 Å². The molecule has 8 nitrogen and oxygen atoms in total. The monoisotopic (exact) mass is 398 g/mol. The third-order valence-corrected chi connectivity index (χ3v) is 4.26. The normalized spacial score (nSPS) is 17.7. The highest BCUT2D eigenvalue weighted by Crippen LogP contribution is 2.29. The maximum Gasteiger partial charge on any atom is 0.351 e. The van der Waals surface area contributed by atoms with Gasteiger partial charge in [0.15, 0.2) is 0 Å². The average molecular weight is 398 g/mol. The van der Waals surface area contributed by atoms with Gasteiger partial charge in [-0.1, -0.05) is 18.2 Å². The first-order valence-electron chi connectivity index (χ1n) is 8.75. The van der Waals surface area contributed by atoms with E-state index in [-0.39, 0.29) is 23.5 Å². The van der Waals surface area contributed by atoms with E-state index in [1.807, 2.05) is 0 Å². The molecule has 0 fully saturated rings. The summed E-state index contributed by atoms with van der Waals surface area (Å²) in [6.45, 7) is 1.39. The molecular weight excluding hydrogens is 380 g/mol. The van der Waals surface area contributed by atoms with Crippen molar-refractivity contribution in [2.24, 2.45) is 0 Å². The molecule has 0 N–H and O–H groups in total. The summed E-state index contributed by atoms with van der Waals surface area (Å²) in [7, 11) is 1.21. The maximum atomic E-state index is 12.6. The molecule has 1 aliphatic carbocycles. The molecule has 0 bridgehead atoms. The predicted molar refractivity (Wildman–Crippen MR) is 98.8 cm³/mol. The lowest BCUT2D eigenvalue weighted by molar-refractivity contribution is -0.147. The number of rotatable bonds is 5. The molecule has 0 amide bonds. The van der Waals surface area contributed by atoms with Crippen LogP contribution in [-0.2, 0) is 28.6 Å². The number of methoxy groups -OCH3 is 1. The number of carbonyl (C=O) groups excluding carboxylic acids is 4. The van der Waals surface area contributed by atoms with Crippen LogP contribution in [0.1, 0.15) is 23.7 Å². The van der Waals surface area contributed by atoms with E-state index >= 15 is 0 Å². The van der Waals surface area contributed by atoms with Crippen molar-refractivity contribution in [3.8, 4) is 5.75 Å². The number of para-hydroxylation sites is 1. The standard InChI is InChI=1S/C21H18O8/c1-12(22)27-11-13-7-8-17-14(9-13)10-16(20(24)28-17)21(25)29-18-6-4-3-5-15(18)19(23)26-2/h3-7,9-10,17H,8,11H2,1-2H3. The number of hydrogen-bond acceptors (Lipinski definition) is 8. The summed E-state index contributed by atoms with van der Waals surface area (Å²) in [4.78, 5) is 47.6. The summed E-state index contributed by atoms with van der Waals surface area (Å²) in [5.74, 6) is -2.89. The van der Waals surface area contributed by atoms with Crippen molar-refractivity contribution in [2.45, 2.75) is 19.4 Å². The van der Waals surface area contributed by atoms with Crippen LogP contribution >= 0.6 is 0 Å². The van der Waals surface area contributed by atoms with E-state index in [0.29, 0.717) is 12.0 Å². The number of fused-ring (bicyclic) bond motifs is 1. The Morgan fingerprint density at radius 3 is 2.62 bits per heavy atom. The van der Waals surface area contributed by atoms with Gasteiger partial charge in [-0.15, -0.1) is 0 Å². The van der Waals surface area contributed by atoms with Crippen LogP contribution < -0.4 is 4.74 Å². The van der Waals surface area contributed by atoms with E-state index < -0.39 is 30.0 Å². The summed E-state index contributed by atoms with van der Waals surface area (Å²) < 4.78 is 20.2. The number of ether oxygens (including phenoxy) is 4. The lowest BCUT2D eigenvalue weighted by Crippen LogP contribution is -2.31. The number of hydrogen-bond donors (Lipinski definition) is 0. The molecule has 0 radical (unpaired) electrons. The molecule has 0 saturated heterocycles. The molecule has 0 saturated carbocycles. The van der Waals surface area contributed by atoms with Crippen molar-refractivity contribution in [3.63, 3.8) is 0 Å². The fraction of sp³-hybridized carbons (Fsp3) is 0.238. The second-order valence-electron chi connectivity index (χ2n) is 6.27. The van der Waals surface area contributed by atoms with E-state index in [2.05, 4.69) is 4.74 Å². The summed E-state index contributed by atoms with van der Waals surface area (Å²) in [6.07, 6.45) is 4.76. The van der Waals surface area contributed by atoms with Crippen molar-refractivity contribution in [2.75, 3.05) is 13.7 Å². The van der Waals surface area contributed by atoms with Gasteiger partial charge < -0.3 is 18.9 Å². The summed E-state index contributed by atoms with van der Waals surface area (Å²) in [6, 6.07) is 6.02. The Morgan fingerprint density at radius 2 is 1.90 bits per heavy atom.